The average Bonchev–Trinajstić information content (AvgIpc) is 2.58. The number of aromatic nitrogens is 1. The molecular weight excluding hydrogens is 182 g/mol. The molecule has 1 aromatic rings. The minimum atomic E-state index is 0.713. The van der Waals surface area contributed by atoms with E-state index in [0.29, 0.717) is 5.92 Å². The van der Waals surface area contributed by atoms with Gasteiger partial charge in [-0.25, -0.2) is 0 Å². The summed E-state index contributed by atoms with van der Waals surface area (Å²) in [6.45, 7) is 4.74. The van der Waals surface area contributed by atoms with Crippen LogP contribution in [-0.4, -0.2) is 4.98 Å². The zero-order valence-corrected chi connectivity index (χ0v) is 9.64. The molecule has 80 valence electrons. The highest BCUT2D eigenvalue weighted by atomic mass is 14.7. The molecule has 2 atom stereocenters. The smallest absolute Gasteiger partial charge is 0.0417 e. The number of aromatic amines is 1. The van der Waals surface area contributed by atoms with E-state index in [9.17, 15) is 0 Å². The fourth-order valence-electron chi connectivity index (χ4n) is 3.26. The van der Waals surface area contributed by atoms with Crippen molar-refractivity contribution in [3.8, 4) is 0 Å². The van der Waals surface area contributed by atoms with Crippen LogP contribution in [0.1, 0.15) is 67.5 Å². The topological polar surface area (TPSA) is 15.8 Å². The number of hydrogen-bond donors (Lipinski definition) is 1. The number of nitrogens with one attached hydrogen (secondary N) is 1. The van der Waals surface area contributed by atoms with Crippen LogP contribution in [0, 0.1) is 0 Å². The highest BCUT2D eigenvalue weighted by Crippen LogP contribution is 2.41. The molecule has 2 aliphatic carbocycles. The van der Waals surface area contributed by atoms with Crippen molar-refractivity contribution in [3.05, 3.63) is 28.6 Å². The fraction of sp³-hybridized carbons (Fsp3) is 0.571. The Labute approximate surface area is 91.6 Å². The zero-order valence-electron chi connectivity index (χ0n) is 9.64. The average molecular weight is 201 g/mol. The Bertz CT molecular complexity index is 411. The lowest BCUT2D eigenvalue weighted by Gasteiger charge is -2.23. The third kappa shape index (κ3) is 1.29. The van der Waals surface area contributed by atoms with Gasteiger partial charge in [0.1, 0.15) is 0 Å². The molecule has 0 amide bonds. The molecule has 0 saturated heterocycles. The van der Waals surface area contributed by atoms with Gasteiger partial charge in [-0.3, -0.25) is 0 Å². The number of allylic oxidation sites excluding steroid dienone is 1. The summed E-state index contributed by atoms with van der Waals surface area (Å²) >= 11 is 0. The van der Waals surface area contributed by atoms with E-state index in [4.69, 9.17) is 0 Å². The van der Waals surface area contributed by atoms with E-state index in [1.165, 1.54) is 37.1 Å². The van der Waals surface area contributed by atoms with Crippen LogP contribution in [-0.2, 0) is 6.42 Å². The van der Waals surface area contributed by atoms with E-state index in [1.807, 2.05) is 0 Å². The van der Waals surface area contributed by atoms with Crippen molar-refractivity contribution in [1.29, 1.82) is 0 Å². The van der Waals surface area contributed by atoms with Crippen molar-refractivity contribution in [2.24, 2.45) is 0 Å². The monoisotopic (exact) mass is 201 g/mol. The van der Waals surface area contributed by atoms with E-state index in [-0.39, 0.29) is 0 Å². The molecule has 15 heavy (non-hydrogen) atoms. The Balaban J connectivity index is 2.20. The van der Waals surface area contributed by atoms with Gasteiger partial charge in [0.2, 0.25) is 0 Å². The van der Waals surface area contributed by atoms with Gasteiger partial charge >= 0.3 is 0 Å². The molecule has 1 aromatic heterocycles. The van der Waals surface area contributed by atoms with Crippen LogP contribution in [0.4, 0.5) is 0 Å². The summed E-state index contributed by atoms with van der Waals surface area (Å²) in [5, 5.41) is 0. The van der Waals surface area contributed by atoms with Gasteiger partial charge in [0.15, 0.2) is 0 Å². The molecule has 0 spiro atoms. The molecule has 1 heterocycles. The van der Waals surface area contributed by atoms with Gasteiger partial charge in [0.25, 0.3) is 0 Å². The van der Waals surface area contributed by atoms with Gasteiger partial charge < -0.3 is 4.98 Å². The largest absolute Gasteiger partial charge is 0.358 e. The van der Waals surface area contributed by atoms with E-state index in [0.717, 1.165) is 5.92 Å². The molecular formula is C14H19N. The number of aryl methyl sites for hydroxylation is 1. The van der Waals surface area contributed by atoms with Crippen LogP contribution >= 0.6 is 0 Å². The Hall–Kier alpha value is -0.980. The number of hydrogen-bond acceptors (Lipinski definition) is 0. The normalized spacial score (nSPS) is 28.7. The zero-order chi connectivity index (χ0) is 10.4. The van der Waals surface area contributed by atoms with Gasteiger partial charge in [-0.1, -0.05) is 19.9 Å². The van der Waals surface area contributed by atoms with Crippen LogP contribution in [0.2, 0.25) is 0 Å². The molecule has 2 aliphatic rings. The summed E-state index contributed by atoms with van der Waals surface area (Å²) in [5.41, 5.74) is 6.21. The summed E-state index contributed by atoms with van der Waals surface area (Å²) in [6, 6.07) is 0. The van der Waals surface area contributed by atoms with Gasteiger partial charge in [-0.2, -0.15) is 0 Å². The Morgan fingerprint density at radius 1 is 1.20 bits per heavy atom. The molecule has 0 saturated carbocycles. The standard InChI is InChI=1S/C14H19N/c1-9-5-3-7-11-13(9)14-10(2)6-4-8-12(14)15-11/h3,7,9-10,15H,4-6,8H2,1-2H3. The highest BCUT2D eigenvalue weighted by Gasteiger charge is 2.27. The molecule has 0 radical (unpaired) electrons. The summed E-state index contributed by atoms with van der Waals surface area (Å²) in [4.78, 5) is 3.63. The van der Waals surface area contributed by atoms with Crippen molar-refractivity contribution in [3.63, 3.8) is 0 Å². The van der Waals surface area contributed by atoms with Crippen molar-refractivity contribution >= 4 is 6.08 Å². The lowest BCUT2D eigenvalue weighted by atomic mass is 9.80. The van der Waals surface area contributed by atoms with Crippen LogP contribution < -0.4 is 0 Å². The Morgan fingerprint density at radius 3 is 2.93 bits per heavy atom. The third-order valence-corrected chi connectivity index (χ3v) is 4.01. The predicted molar refractivity (Wildman–Crippen MR) is 64.2 cm³/mol. The van der Waals surface area contributed by atoms with Crippen molar-refractivity contribution in [2.45, 2.75) is 51.4 Å². The minimum absolute atomic E-state index is 0.713. The summed E-state index contributed by atoms with van der Waals surface area (Å²) in [6.07, 6.45) is 9.77. The highest BCUT2D eigenvalue weighted by molar-refractivity contribution is 5.59. The second-order valence-corrected chi connectivity index (χ2v) is 5.18. The van der Waals surface area contributed by atoms with E-state index < -0.39 is 0 Å². The molecule has 2 unspecified atom stereocenters. The maximum atomic E-state index is 3.63. The van der Waals surface area contributed by atoms with Crippen molar-refractivity contribution in [1.82, 2.24) is 4.98 Å². The molecule has 3 rings (SSSR count). The number of H-pyrrole nitrogens is 1. The molecule has 0 aliphatic heterocycles. The van der Waals surface area contributed by atoms with Crippen LogP contribution in [0.25, 0.3) is 6.08 Å². The molecule has 1 heteroatoms. The van der Waals surface area contributed by atoms with Gasteiger partial charge in [0.05, 0.1) is 0 Å². The molecule has 0 aromatic carbocycles. The van der Waals surface area contributed by atoms with Gasteiger partial charge in [0, 0.05) is 11.4 Å². The Kier molecular flexibility index (Phi) is 2.01. The Morgan fingerprint density at radius 2 is 2.07 bits per heavy atom. The number of rotatable bonds is 0. The van der Waals surface area contributed by atoms with E-state index in [1.54, 1.807) is 11.1 Å². The quantitative estimate of drug-likeness (QED) is 0.653. The van der Waals surface area contributed by atoms with Crippen LogP contribution in [0.5, 0.6) is 0 Å². The maximum Gasteiger partial charge on any atom is 0.0417 e. The first-order valence-electron chi connectivity index (χ1n) is 6.18. The SMILES string of the molecule is CC1CC=Cc2[nH]c3c(c21)C(C)CCC3. The van der Waals surface area contributed by atoms with Crippen LogP contribution in [0.3, 0.4) is 0 Å². The predicted octanol–water partition coefficient (Wildman–Crippen LogP) is 3.97. The van der Waals surface area contributed by atoms with Gasteiger partial charge in [-0.05, 0) is 54.7 Å². The van der Waals surface area contributed by atoms with Crippen molar-refractivity contribution < 1.29 is 0 Å². The minimum Gasteiger partial charge on any atom is -0.358 e. The summed E-state index contributed by atoms with van der Waals surface area (Å²) in [7, 11) is 0. The van der Waals surface area contributed by atoms with Gasteiger partial charge in [-0.15, -0.1) is 0 Å². The van der Waals surface area contributed by atoms with Crippen molar-refractivity contribution in [2.75, 3.05) is 0 Å². The third-order valence-electron chi connectivity index (χ3n) is 4.01. The molecule has 1 nitrogen and oxygen atoms in total. The van der Waals surface area contributed by atoms with Crippen LogP contribution in [0.15, 0.2) is 6.08 Å². The summed E-state index contributed by atoms with van der Waals surface area (Å²) < 4.78 is 0. The second-order valence-electron chi connectivity index (χ2n) is 5.18. The maximum absolute atomic E-state index is 3.63. The molecule has 1 N–H and O–H groups in total. The lowest BCUT2D eigenvalue weighted by Crippen LogP contribution is -2.09. The summed E-state index contributed by atoms with van der Waals surface area (Å²) in [5.74, 6) is 1.48. The molecule has 0 bridgehead atoms. The second kappa shape index (κ2) is 3.26. The van der Waals surface area contributed by atoms with E-state index in [2.05, 4.69) is 31.0 Å². The lowest BCUT2D eigenvalue weighted by molar-refractivity contribution is 0.576. The number of fused-ring (bicyclic) bond motifs is 3. The first-order chi connectivity index (χ1) is 7.27. The molecule has 0 fully saturated rings. The van der Waals surface area contributed by atoms with E-state index >= 15 is 0 Å². The fourth-order valence-corrected chi connectivity index (χ4v) is 3.26. The first-order valence-corrected chi connectivity index (χ1v) is 6.18. The first kappa shape index (κ1) is 9.26.